The van der Waals surface area contributed by atoms with E-state index in [1.165, 1.54) is 0 Å². The number of carbonyl (C=O) groups is 2. The first-order valence-corrected chi connectivity index (χ1v) is 7.15. The average molecular weight is 300 g/mol. The van der Waals surface area contributed by atoms with Crippen LogP contribution in [0.1, 0.15) is 40.5 Å². The minimum absolute atomic E-state index is 0.00699. The van der Waals surface area contributed by atoms with Gasteiger partial charge in [-0.2, -0.15) is 0 Å². The van der Waals surface area contributed by atoms with E-state index in [1.807, 2.05) is 20.8 Å². The van der Waals surface area contributed by atoms with Crippen molar-refractivity contribution in [1.82, 2.24) is 10.6 Å². The fourth-order valence-corrected chi connectivity index (χ4v) is 1.57. The molecule has 0 saturated heterocycles. The predicted octanol–water partition coefficient (Wildman–Crippen LogP) is 0.751. The van der Waals surface area contributed by atoms with Gasteiger partial charge in [-0.25, -0.2) is 0 Å². The molecular weight excluding hydrogens is 272 g/mol. The Morgan fingerprint density at radius 2 is 1.95 bits per heavy atom. The molecule has 0 rings (SSSR count). The lowest BCUT2D eigenvalue weighted by molar-refractivity contribution is -0.154. The molecule has 6 heteroatoms. The lowest BCUT2D eigenvalue weighted by Crippen LogP contribution is -2.42. The second-order valence-corrected chi connectivity index (χ2v) is 5.99. The summed E-state index contributed by atoms with van der Waals surface area (Å²) in [7, 11) is 0. The van der Waals surface area contributed by atoms with Crippen molar-refractivity contribution in [3.63, 3.8) is 0 Å². The fourth-order valence-electron chi connectivity index (χ4n) is 1.57. The first-order chi connectivity index (χ1) is 9.65. The Labute approximate surface area is 126 Å². The molecule has 21 heavy (non-hydrogen) atoms. The third kappa shape index (κ3) is 11.0. The molecule has 3 N–H and O–H groups in total. The number of carbonyl (C=O) groups excluding carboxylic acids is 2. The lowest BCUT2D eigenvalue weighted by atomic mass is 10.2. The maximum atomic E-state index is 11.6. The minimum Gasteiger partial charge on any atom is -0.460 e. The van der Waals surface area contributed by atoms with Crippen molar-refractivity contribution < 1.29 is 19.4 Å². The highest BCUT2D eigenvalue weighted by atomic mass is 16.6. The van der Waals surface area contributed by atoms with E-state index in [-0.39, 0.29) is 30.9 Å². The molecule has 0 aliphatic rings. The molecule has 1 amide bonds. The van der Waals surface area contributed by atoms with Crippen LogP contribution in [0.3, 0.4) is 0 Å². The van der Waals surface area contributed by atoms with E-state index in [1.54, 1.807) is 6.92 Å². The predicted molar refractivity (Wildman–Crippen MR) is 81.8 cm³/mol. The van der Waals surface area contributed by atoms with Crippen LogP contribution in [0.2, 0.25) is 0 Å². The number of hydrogen-bond donors (Lipinski definition) is 3. The van der Waals surface area contributed by atoms with E-state index >= 15 is 0 Å². The summed E-state index contributed by atoms with van der Waals surface area (Å²) in [5.74, 6) is -0.490. The number of ether oxygens (including phenoxy) is 1. The Bertz CT molecular complexity index is 361. The van der Waals surface area contributed by atoms with E-state index in [4.69, 9.17) is 9.84 Å². The molecule has 0 aliphatic heterocycles. The zero-order chi connectivity index (χ0) is 16.5. The standard InChI is InChI=1S/C15H28N2O4/c1-11(2)14(20)17-10-12(7-9-18)16-8-6-13(19)21-15(3,4)5/h12,16,18H,1,6-10H2,2-5H3,(H,17,20). The summed E-state index contributed by atoms with van der Waals surface area (Å²) >= 11 is 0. The Kier molecular flexibility index (Phi) is 8.89. The molecule has 0 aliphatic carbocycles. The van der Waals surface area contributed by atoms with Crippen molar-refractivity contribution in [2.45, 2.75) is 52.2 Å². The van der Waals surface area contributed by atoms with Crippen LogP contribution in [0.25, 0.3) is 0 Å². The van der Waals surface area contributed by atoms with Crippen molar-refractivity contribution in [2.75, 3.05) is 19.7 Å². The normalized spacial score (nSPS) is 12.6. The molecule has 0 saturated carbocycles. The number of hydrogen-bond acceptors (Lipinski definition) is 5. The summed E-state index contributed by atoms with van der Waals surface area (Å²) in [4.78, 5) is 23.0. The minimum atomic E-state index is -0.489. The van der Waals surface area contributed by atoms with Gasteiger partial charge in [0.25, 0.3) is 0 Å². The highest BCUT2D eigenvalue weighted by Crippen LogP contribution is 2.07. The number of aliphatic hydroxyl groups is 1. The van der Waals surface area contributed by atoms with Crippen LogP contribution < -0.4 is 10.6 Å². The fraction of sp³-hybridized carbons (Fsp3) is 0.733. The topological polar surface area (TPSA) is 87.7 Å². The molecule has 0 aromatic carbocycles. The molecule has 0 aromatic heterocycles. The van der Waals surface area contributed by atoms with Crippen molar-refractivity contribution in [3.8, 4) is 0 Å². The van der Waals surface area contributed by atoms with Gasteiger partial charge in [0, 0.05) is 31.3 Å². The van der Waals surface area contributed by atoms with Gasteiger partial charge in [-0.3, -0.25) is 9.59 Å². The first-order valence-electron chi connectivity index (χ1n) is 7.15. The summed E-state index contributed by atoms with van der Waals surface area (Å²) in [5.41, 5.74) is -0.0525. The second kappa shape index (κ2) is 9.52. The number of esters is 1. The zero-order valence-corrected chi connectivity index (χ0v) is 13.5. The summed E-state index contributed by atoms with van der Waals surface area (Å²) in [5, 5.41) is 14.9. The Balaban J connectivity index is 4.07. The molecule has 1 unspecified atom stereocenters. The summed E-state index contributed by atoms with van der Waals surface area (Å²) in [6.07, 6.45) is 0.735. The van der Waals surface area contributed by atoms with Crippen molar-refractivity contribution in [2.24, 2.45) is 0 Å². The van der Waals surface area contributed by atoms with E-state index < -0.39 is 5.60 Å². The number of aliphatic hydroxyl groups excluding tert-OH is 1. The van der Waals surface area contributed by atoms with Crippen LogP contribution in [0.5, 0.6) is 0 Å². The highest BCUT2D eigenvalue weighted by molar-refractivity contribution is 5.92. The van der Waals surface area contributed by atoms with Gasteiger partial charge in [0.1, 0.15) is 5.60 Å². The van der Waals surface area contributed by atoms with E-state index in [0.29, 0.717) is 25.1 Å². The van der Waals surface area contributed by atoms with Crippen LogP contribution in [0.4, 0.5) is 0 Å². The maximum Gasteiger partial charge on any atom is 0.307 e. The molecule has 0 heterocycles. The molecule has 0 aromatic rings. The third-order valence-electron chi connectivity index (χ3n) is 2.56. The highest BCUT2D eigenvalue weighted by Gasteiger charge is 2.16. The lowest BCUT2D eigenvalue weighted by Gasteiger charge is -2.21. The molecule has 0 bridgehead atoms. The van der Waals surface area contributed by atoms with Crippen LogP contribution in [-0.4, -0.2) is 48.3 Å². The van der Waals surface area contributed by atoms with Gasteiger partial charge >= 0.3 is 5.97 Å². The molecule has 1 atom stereocenters. The number of amides is 1. The van der Waals surface area contributed by atoms with Gasteiger partial charge in [-0.1, -0.05) is 6.58 Å². The quantitative estimate of drug-likeness (QED) is 0.432. The Hall–Kier alpha value is -1.40. The van der Waals surface area contributed by atoms with Gasteiger partial charge in [0.2, 0.25) is 5.91 Å². The molecule has 122 valence electrons. The van der Waals surface area contributed by atoms with Crippen LogP contribution >= 0.6 is 0 Å². The van der Waals surface area contributed by atoms with Crippen LogP contribution in [0, 0.1) is 0 Å². The summed E-state index contributed by atoms with van der Waals surface area (Å²) in [6.45, 7) is 11.5. The van der Waals surface area contributed by atoms with Crippen molar-refractivity contribution in [1.29, 1.82) is 0 Å². The summed E-state index contributed by atoms with van der Waals surface area (Å²) < 4.78 is 5.20. The number of nitrogens with one attached hydrogen (secondary N) is 2. The SMILES string of the molecule is C=C(C)C(=O)NCC(CCO)NCCC(=O)OC(C)(C)C. The maximum absolute atomic E-state index is 11.6. The number of rotatable bonds is 9. The van der Waals surface area contributed by atoms with Gasteiger partial charge in [0.15, 0.2) is 0 Å². The Morgan fingerprint density at radius 1 is 1.33 bits per heavy atom. The largest absolute Gasteiger partial charge is 0.460 e. The van der Waals surface area contributed by atoms with E-state index in [2.05, 4.69) is 17.2 Å². The van der Waals surface area contributed by atoms with Gasteiger partial charge in [-0.05, 0) is 34.1 Å². The van der Waals surface area contributed by atoms with Gasteiger partial charge < -0.3 is 20.5 Å². The summed E-state index contributed by atoms with van der Waals surface area (Å²) in [6, 6.07) is -0.0965. The van der Waals surface area contributed by atoms with E-state index in [0.717, 1.165) is 0 Å². The second-order valence-electron chi connectivity index (χ2n) is 5.99. The average Bonchev–Trinajstić information content (AvgIpc) is 2.33. The monoisotopic (exact) mass is 300 g/mol. The smallest absolute Gasteiger partial charge is 0.307 e. The van der Waals surface area contributed by atoms with Crippen LogP contribution in [0.15, 0.2) is 12.2 Å². The van der Waals surface area contributed by atoms with Gasteiger partial charge in [0.05, 0.1) is 6.42 Å². The third-order valence-corrected chi connectivity index (χ3v) is 2.56. The first kappa shape index (κ1) is 19.6. The van der Waals surface area contributed by atoms with Gasteiger partial charge in [-0.15, -0.1) is 0 Å². The van der Waals surface area contributed by atoms with Crippen molar-refractivity contribution >= 4 is 11.9 Å². The van der Waals surface area contributed by atoms with E-state index in [9.17, 15) is 9.59 Å². The van der Waals surface area contributed by atoms with Crippen LogP contribution in [-0.2, 0) is 14.3 Å². The Morgan fingerprint density at radius 3 is 2.43 bits per heavy atom. The molecule has 0 spiro atoms. The molecular formula is C15H28N2O4. The molecule has 6 nitrogen and oxygen atoms in total. The zero-order valence-electron chi connectivity index (χ0n) is 13.5. The molecule has 0 fully saturated rings. The molecule has 0 radical (unpaired) electrons. The van der Waals surface area contributed by atoms with Crippen molar-refractivity contribution in [3.05, 3.63) is 12.2 Å².